The van der Waals surface area contributed by atoms with E-state index in [4.69, 9.17) is 14.5 Å². The number of benzene rings is 5. The van der Waals surface area contributed by atoms with Crippen molar-refractivity contribution in [1.82, 2.24) is 5.32 Å². The van der Waals surface area contributed by atoms with Gasteiger partial charge >= 0.3 is 0 Å². The lowest BCUT2D eigenvalue weighted by molar-refractivity contribution is -0.115. The average molecular weight is 790 g/mol. The largest absolute Gasteiger partial charge is 0.493 e. The van der Waals surface area contributed by atoms with Crippen molar-refractivity contribution in [2.75, 3.05) is 25.1 Å². The molecule has 1 fully saturated rings. The highest BCUT2D eigenvalue weighted by atomic mass is 127. The Hall–Kier alpha value is -4.54. The Bertz CT molecular complexity index is 2030. The third-order valence-corrected chi connectivity index (χ3v) is 11.4. The van der Waals surface area contributed by atoms with E-state index in [0.717, 1.165) is 46.3 Å². The topological polar surface area (TPSA) is 63.2 Å². The van der Waals surface area contributed by atoms with Crippen LogP contribution < -0.4 is 19.7 Å². The van der Waals surface area contributed by atoms with Gasteiger partial charge in [0.05, 0.1) is 21.3 Å². The molecule has 1 saturated heterocycles. The lowest BCUT2D eigenvalue weighted by atomic mass is 9.76. The summed E-state index contributed by atoms with van der Waals surface area (Å²) in [6, 6.07) is 40.1. The Morgan fingerprint density at radius 2 is 1.46 bits per heavy atom. The molecule has 8 heteroatoms. The number of nitrogens with one attached hydrogen (secondary N) is 1. The molecule has 6 nitrogen and oxygen atoms in total. The van der Waals surface area contributed by atoms with Gasteiger partial charge in [-0.1, -0.05) is 91.0 Å². The lowest BCUT2D eigenvalue weighted by Gasteiger charge is -2.43. The Morgan fingerprint density at radius 3 is 2.06 bits per heavy atom. The second kappa shape index (κ2) is 14.4. The summed E-state index contributed by atoms with van der Waals surface area (Å²) in [5.74, 6) is 1.71. The summed E-state index contributed by atoms with van der Waals surface area (Å²) >= 11 is 3.63. The van der Waals surface area contributed by atoms with Gasteiger partial charge in [0.1, 0.15) is 6.61 Å². The van der Waals surface area contributed by atoms with Crippen LogP contribution in [0.3, 0.4) is 0 Å². The molecule has 50 heavy (non-hydrogen) atoms. The number of halogens is 1. The van der Waals surface area contributed by atoms with Crippen molar-refractivity contribution in [2.24, 2.45) is 4.99 Å². The smallest absolute Gasteiger partial charge is 0.264 e. The van der Waals surface area contributed by atoms with E-state index in [9.17, 15) is 4.79 Å². The monoisotopic (exact) mass is 789 g/mol. The molecule has 250 valence electrons. The zero-order valence-electron chi connectivity index (χ0n) is 27.6. The zero-order valence-corrected chi connectivity index (χ0v) is 30.6. The fraction of sp³-hybridized carbons (Fsp3) is 0.190. The van der Waals surface area contributed by atoms with Gasteiger partial charge in [0.25, 0.3) is 5.91 Å². The molecule has 0 saturated carbocycles. The highest BCUT2D eigenvalue weighted by Crippen LogP contribution is 2.50. The molecular formula is C42H36IN3O3S. The summed E-state index contributed by atoms with van der Waals surface area (Å²) in [7, 11) is 1.63. The van der Waals surface area contributed by atoms with Gasteiger partial charge in [-0.05, 0) is 111 Å². The molecule has 5 aromatic rings. The number of nitrogens with zero attached hydrogens (tertiary/aromatic N) is 2. The second-order valence-corrected chi connectivity index (χ2v) is 14.9. The lowest BCUT2D eigenvalue weighted by Crippen LogP contribution is -2.37. The molecular weight excluding hydrogens is 753 g/mol. The summed E-state index contributed by atoms with van der Waals surface area (Å²) in [6.07, 6.45) is 4.01. The predicted octanol–water partition coefficient (Wildman–Crippen LogP) is 9.65. The minimum atomic E-state index is -0.165. The summed E-state index contributed by atoms with van der Waals surface area (Å²) in [4.78, 5) is 21.5. The van der Waals surface area contributed by atoms with Crippen LogP contribution >= 0.6 is 34.4 Å². The molecule has 0 radical (unpaired) electrons. The first-order valence-corrected chi connectivity index (χ1v) is 18.8. The number of anilines is 1. The summed E-state index contributed by atoms with van der Waals surface area (Å²) in [6.45, 7) is 2.52. The van der Waals surface area contributed by atoms with Crippen LogP contribution in [-0.2, 0) is 11.4 Å². The Kier molecular flexibility index (Phi) is 9.38. The highest BCUT2D eigenvalue weighted by Gasteiger charge is 2.35. The van der Waals surface area contributed by atoms with Gasteiger partial charge < -0.3 is 19.7 Å². The minimum Gasteiger partial charge on any atom is -0.493 e. The van der Waals surface area contributed by atoms with Crippen LogP contribution in [0.5, 0.6) is 11.5 Å². The van der Waals surface area contributed by atoms with Crippen LogP contribution in [0.15, 0.2) is 125 Å². The molecule has 0 spiro atoms. The van der Waals surface area contributed by atoms with E-state index >= 15 is 0 Å². The summed E-state index contributed by atoms with van der Waals surface area (Å²) in [5.41, 5.74) is 9.46. The number of amides is 1. The van der Waals surface area contributed by atoms with Crippen LogP contribution in [-0.4, -0.2) is 31.3 Å². The van der Waals surface area contributed by atoms with Crippen molar-refractivity contribution in [3.63, 3.8) is 0 Å². The first-order valence-electron chi connectivity index (χ1n) is 16.9. The number of carbonyl (C=O) groups is 1. The third kappa shape index (κ3) is 6.66. The quantitative estimate of drug-likeness (QED) is 0.125. The van der Waals surface area contributed by atoms with Crippen LogP contribution in [0.4, 0.5) is 11.4 Å². The molecule has 5 aromatic carbocycles. The maximum atomic E-state index is 13.3. The third-order valence-electron chi connectivity index (χ3n) is 9.66. The molecule has 0 aromatic heterocycles. The summed E-state index contributed by atoms with van der Waals surface area (Å²) in [5, 5.41) is 3.61. The molecule has 3 heterocycles. The van der Waals surface area contributed by atoms with Gasteiger partial charge in [-0.15, -0.1) is 0 Å². The number of amidine groups is 1. The first-order chi connectivity index (χ1) is 24.5. The van der Waals surface area contributed by atoms with Gasteiger partial charge in [0.15, 0.2) is 16.7 Å². The van der Waals surface area contributed by atoms with Crippen molar-refractivity contribution in [2.45, 2.75) is 31.3 Å². The Morgan fingerprint density at radius 1 is 0.860 bits per heavy atom. The number of ether oxygens (including phenoxy) is 2. The fourth-order valence-electron chi connectivity index (χ4n) is 7.35. The molecule has 1 amide bonds. The van der Waals surface area contributed by atoms with E-state index in [-0.39, 0.29) is 17.7 Å². The van der Waals surface area contributed by atoms with Crippen molar-refractivity contribution in [1.29, 1.82) is 0 Å². The normalized spacial score (nSPS) is 19.7. The van der Waals surface area contributed by atoms with Gasteiger partial charge in [-0.3, -0.25) is 4.79 Å². The number of hydrogen-bond acceptors (Lipinski definition) is 6. The zero-order chi connectivity index (χ0) is 34.0. The molecule has 2 atom stereocenters. The Balaban J connectivity index is 1.12. The highest BCUT2D eigenvalue weighted by molar-refractivity contribution is 14.1. The molecule has 8 rings (SSSR count). The van der Waals surface area contributed by atoms with Crippen molar-refractivity contribution < 1.29 is 14.3 Å². The van der Waals surface area contributed by atoms with E-state index in [2.05, 4.69) is 106 Å². The number of methoxy groups -OCH3 is 1. The number of aliphatic imine (C=N–C) groups is 1. The van der Waals surface area contributed by atoms with Gasteiger partial charge in [0, 0.05) is 30.6 Å². The predicted molar refractivity (Wildman–Crippen MR) is 212 cm³/mol. The van der Waals surface area contributed by atoms with Gasteiger partial charge in [-0.25, -0.2) is 4.99 Å². The van der Waals surface area contributed by atoms with E-state index in [1.165, 1.54) is 39.7 Å². The van der Waals surface area contributed by atoms with Gasteiger partial charge in [-0.2, -0.15) is 0 Å². The average Bonchev–Trinajstić information content (AvgIpc) is 3.49. The molecule has 0 unspecified atom stereocenters. The molecule has 3 aliphatic rings. The maximum absolute atomic E-state index is 13.3. The molecule has 0 bridgehead atoms. The first kappa shape index (κ1) is 32.7. The van der Waals surface area contributed by atoms with E-state index in [1.54, 1.807) is 7.11 Å². The fourth-order valence-corrected chi connectivity index (χ4v) is 8.97. The van der Waals surface area contributed by atoms with E-state index in [1.807, 2.05) is 48.5 Å². The molecule has 3 aliphatic heterocycles. The van der Waals surface area contributed by atoms with Crippen LogP contribution in [0.1, 0.15) is 58.1 Å². The summed E-state index contributed by atoms with van der Waals surface area (Å²) < 4.78 is 12.8. The van der Waals surface area contributed by atoms with Crippen LogP contribution in [0, 0.1) is 3.57 Å². The van der Waals surface area contributed by atoms with Crippen molar-refractivity contribution in [3.8, 4) is 11.5 Å². The standard InChI is InChI=1S/C42H36IN3O3S/c1-48-37-22-28(21-36(43)40(37)49-26-27-11-5-2-6-12-27)23-38-41(47)45-42(50-38)44-31-24-34-32(29-13-7-3-8-14-29)17-19-46-20-18-33(35(25-31)39(34)46)30-15-9-4-10-16-30/h2-16,21-25,32-33H,17-20,26H2,1H3,(H,44,45,47)/b38-23-/t32-,33-/m0/s1. The van der Waals surface area contributed by atoms with Crippen molar-refractivity contribution in [3.05, 3.63) is 157 Å². The maximum Gasteiger partial charge on any atom is 0.264 e. The van der Waals surface area contributed by atoms with Gasteiger partial charge in [0.2, 0.25) is 0 Å². The molecule has 0 aliphatic carbocycles. The molecule has 1 N–H and O–H groups in total. The second-order valence-electron chi connectivity index (χ2n) is 12.8. The minimum absolute atomic E-state index is 0.165. The van der Waals surface area contributed by atoms with E-state index < -0.39 is 0 Å². The number of rotatable bonds is 8. The van der Waals surface area contributed by atoms with Crippen LogP contribution in [0.2, 0.25) is 0 Å². The SMILES string of the molecule is COc1cc(/C=C2\SC(=Nc3cc4c5c(c3)[C@H](c3ccccc3)CCN5CC[C@H]4c3ccccc3)NC2=O)cc(I)c1OCc1ccccc1. The van der Waals surface area contributed by atoms with E-state index in [0.29, 0.717) is 28.2 Å². The number of carbonyl (C=O) groups excluding carboxylic acids is 1. The number of thioether (sulfide) groups is 1. The van der Waals surface area contributed by atoms with Crippen molar-refractivity contribution >= 4 is 62.9 Å². The number of hydrogen-bond donors (Lipinski definition) is 1. The van der Waals surface area contributed by atoms with Crippen LogP contribution in [0.25, 0.3) is 6.08 Å². The Labute approximate surface area is 310 Å².